The van der Waals surface area contributed by atoms with Crippen molar-refractivity contribution in [3.63, 3.8) is 0 Å². The predicted octanol–water partition coefficient (Wildman–Crippen LogP) is 2.15. The molecule has 1 saturated heterocycles. The van der Waals surface area contributed by atoms with Gasteiger partial charge in [0.05, 0.1) is 0 Å². The third-order valence-corrected chi connectivity index (χ3v) is 3.24. The van der Waals surface area contributed by atoms with Crippen LogP contribution in [0.15, 0.2) is 18.2 Å². The minimum Gasteiger partial charge on any atom is -0.309 e. The number of nitrogens with zero attached hydrogens (tertiary/aromatic N) is 1. The molecule has 1 aliphatic rings. The second kappa shape index (κ2) is 5.56. The Morgan fingerprint density at radius 3 is 3.00 bits per heavy atom. The predicted molar refractivity (Wildman–Crippen MR) is 63.7 cm³/mol. The summed E-state index contributed by atoms with van der Waals surface area (Å²) in [7, 11) is 2.08. The third kappa shape index (κ3) is 3.23. The highest BCUT2D eigenvalue weighted by molar-refractivity contribution is 5.18. The Hall–Kier alpha value is -1.00. The lowest BCUT2D eigenvalue weighted by molar-refractivity contribution is 0.226. The van der Waals surface area contributed by atoms with Crippen LogP contribution in [0.2, 0.25) is 0 Å². The molecule has 1 aromatic rings. The molecule has 1 fully saturated rings. The van der Waals surface area contributed by atoms with Gasteiger partial charge >= 0.3 is 0 Å². The fraction of sp³-hybridized carbons (Fsp3) is 0.538. The highest BCUT2D eigenvalue weighted by atomic mass is 19.2. The van der Waals surface area contributed by atoms with Gasteiger partial charge in [-0.15, -0.1) is 0 Å². The second-order valence-electron chi connectivity index (χ2n) is 4.70. The molecule has 17 heavy (non-hydrogen) atoms. The van der Waals surface area contributed by atoms with Gasteiger partial charge < -0.3 is 10.2 Å². The Kier molecular flexibility index (Phi) is 4.07. The van der Waals surface area contributed by atoms with E-state index in [1.54, 1.807) is 12.1 Å². The van der Waals surface area contributed by atoms with Gasteiger partial charge in [0.2, 0.25) is 0 Å². The first-order valence-corrected chi connectivity index (χ1v) is 6.01. The summed E-state index contributed by atoms with van der Waals surface area (Å²) in [5.74, 6) is -1.51. The van der Waals surface area contributed by atoms with E-state index >= 15 is 0 Å². The van der Waals surface area contributed by atoms with Gasteiger partial charge in [-0.3, -0.25) is 0 Å². The summed E-state index contributed by atoms with van der Waals surface area (Å²) < 4.78 is 26.4. The van der Waals surface area contributed by atoms with E-state index in [9.17, 15) is 8.78 Å². The van der Waals surface area contributed by atoms with Crippen molar-refractivity contribution < 1.29 is 8.78 Å². The minimum absolute atomic E-state index is 0.372. The van der Waals surface area contributed by atoms with Crippen molar-refractivity contribution in [2.45, 2.75) is 25.4 Å². The molecule has 2 nitrogen and oxygen atoms in total. The number of rotatable bonds is 3. The van der Waals surface area contributed by atoms with Gasteiger partial charge in [-0.2, -0.15) is 0 Å². The minimum atomic E-state index is -0.773. The van der Waals surface area contributed by atoms with E-state index < -0.39 is 11.6 Å². The van der Waals surface area contributed by atoms with Crippen LogP contribution in [0.4, 0.5) is 8.78 Å². The molecule has 0 radical (unpaired) electrons. The second-order valence-corrected chi connectivity index (χ2v) is 4.70. The van der Waals surface area contributed by atoms with E-state index in [1.807, 2.05) is 0 Å². The van der Waals surface area contributed by atoms with Gasteiger partial charge in [0.25, 0.3) is 0 Å². The molecule has 1 unspecified atom stereocenters. The van der Waals surface area contributed by atoms with Gasteiger partial charge in [0.15, 0.2) is 11.6 Å². The molecule has 0 aliphatic carbocycles. The summed E-state index contributed by atoms with van der Waals surface area (Å²) in [5, 5.41) is 3.29. The number of nitrogens with one attached hydrogen (secondary N) is 1. The standard InChI is InChI=1S/C13H18F2N2/c1-17-7-3-5-11(9-17)16-8-10-4-2-6-12(14)13(10)15/h2,4,6,11,16H,3,5,7-9H2,1H3. The molecule has 1 aromatic carbocycles. The molecule has 1 aliphatic heterocycles. The zero-order valence-corrected chi connectivity index (χ0v) is 10.0. The molecule has 4 heteroatoms. The molecule has 0 bridgehead atoms. The van der Waals surface area contributed by atoms with Gasteiger partial charge in [-0.05, 0) is 32.5 Å². The van der Waals surface area contributed by atoms with Crippen LogP contribution in [-0.4, -0.2) is 31.1 Å². The van der Waals surface area contributed by atoms with E-state index in [0.717, 1.165) is 32.0 Å². The van der Waals surface area contributed by atoms with E-state index in [-0.39, 0.29) is 0 Å². The Bertz CT molecular complexity index is 382. The maximum atomic E-state index is 13.4. The molecule has 1 atom stereocenters. The molecule has 94 valence electrons. The zero-order chi connectivity index (χ0) is 12.3. The number of likely N-dealkylation sites (N-methyl/N-ethyl adjacent to an activating group) is 1. The van der Waals surface area contributed by atoms with E-state index in [2.05, 4.69) is 17.3 Å². The van der Waals surface area contributed by atoms with Crippen LogP contribution in [0.1, 0.15) is 18.4 Å². The summed E-state index contributed by atoms with van der Waals surface area (Å²) in [5.41, 5.74) is 0.401. The molecule has 2 rings (SSSR count). The highest BCUT2D eigenvalue weighted by Gasteiger charge is 2.17. The normalized spacial score (nSPS) is 21.7. The Balaban J connectivity index is 1.91. The fourth-order valence-electron chi connectivity index (χ4n) is 2.27. The lowest BCUT2D eigenvalue weighted by Crippen LogP contribution is -2.43. The largest absolute Gasteiger partial charge is 0.309 e. The molecule has 1 heterocycles. The van der Waals surface area contributed by atoms with Gasteiger partial charge in [0, 0.05) is 24.7 Å². The lowest BCUT2D eigenvalue weighted by atomic mass is 10.1. The summed E-state index contributed by atoms with van der Waals surface area (Å²) in [6.45, 7) is 2.48. The van der Waals surface area contributed by atoms with E-state index in [4.69, 9.17) is 0 Å². The maximum absolute atomic E-state index is 13.4. The van der Waals surface area contributed by atoms with Crippen molar-refractivity contribution in [3.05, 3.63) is 35.4 Å². The lowest BCUT2D eigenvalue weighted by Gasteiger charge is -2.30. The van der Waals surface area contributed by atoms with Crippen LogP contribution in [0.3, 0.4) is 0 Å². The average Bonchev–Trinajstić information content (AvgIpc) is 2.31. The van der Waals surface area contributed by atoms with E-state index in [1.165, 1.54) is 0 Å². The fourth-order valence-corrected chi connectivity index (χ4v) is 2.27. The number of piperidine rings is 1. The monoisotopic (exact) mass is 240 g/mol. The molecule has 0 saturated carbocycles. The van der Waals surface area contributed by atoms with Gasteiger partial charge in [-0.25, -0.2) is 8.78 Å². The van der Waals surface area contributed by atoms with Crippen molar-refractivity contribution in [1.29, 1.82) is 0 Å². The van der Waals surface area contributed by atoms with E-state index in [0.29, 0.717) is 18.2 Å². The summed E-state index contributed by atoms with van der Waals surface area (Å²) >= 11 is 0. The first kappa shape index (κ1) is 12.5. The van der Waals surface area contributed by atoms with Crippen molar-refractivity contribution in [1.82, 2.24) is 10.2 Å². The number of hydrogen-bond acceptors (Lipinski definition) is 2. The molecular weight excluding hydrogens is 222 g/mol. The quantitative estimate of drug-likeness (QED) is 0.871. The first-order valence-electron chi connectivity index (χ1n) is 6.01. The Morgan fingerprint density at radius 2 is 2.24 bits per heavy atom. The van der Waals surface area contributed by atoms with Crippen molar-refractivity contribution >= 4 is 0 Å². The van der Waals surface area contributed by atoms with Crippen LogP contribution in [0.5, 0.6) is 0 Å². The van der Waals surface area contributed by atoms with Crippen LogP contribution in [-0.2, 0) is 6.54 Å². The summed E-state index contributed by atoms with van der Waals surface area (Å²) in [4.78, 5) is 2.25. The van der Waals surface area contributed by atoms with Crippen molar-refractivity contribution in [3.8, 4) is 0 Å². The van der Waals surface area contributed by atoms with Gasteiger partial charge in [0.1, 0.15) is 0 Å². The topological polar surface area (TPSA) is 15.3 Å². The van der Waals surface area contributed by atoms with Crippen LogP contribution < -0.4 is 5.32 Å². The Labute approximate surface area is 101 Å². The third-order valence-electron chi connectivity index (χ3n) is 3.24. The molecule has 0 spiro atoms. The Morgan fingerprint density at radius 1 is 1.41 bits per heavy atom. The molecular formula is C13H18F2N2. The van der Waals surface area contributed by atoms with Crippen LogP contribution in [0, 0.1) is 11.6 Å². The SMILES string of the molecule is CN1CCCC(NCc2cccc(F)c2F)C1. The smallest absolute Gasteiger partial charge is 0.163 e. The number of likely N-dealkylation sites (tertiary alicyclic amines) is 1. The van der Waals surface area contributed by atoms with Gasteiger partial charge in [-0.1, -0.05) is 12.1 Å². The first-order chi connectivity index (χ1) is 8.16. The van der Waals surface area contributed by atoms with Crippen molar-refractivity contribution in [2.24, 2.45) is 0 Å². The molecule has 0 amide bonds. The average molecular weight is 240 g/mol. The molecule has 0 aromatic heterocycles. The number of halogens is 2. The molecule has 1 N–H and O–H groups in total. The summed E-state index contributed by atoms with van der Waals surface area (Å²) in [6, 6.07) is 4.68. The van der Waals surface area contributed by atoms with Crippen molar-refractivity contribution in [2.75, 3.05) is 20.1 Å². The summed E-state index contributed by atoms with van der Waals surface area (Å²) in [6.07, 6.45) is 2.25. The maximum Gasteiger partial charge on any atom is 0.163 e. The van der Waals surface area contributed by atoms with Crippen LogP contribution in [0.25, 0.3) is 0 Å². The number of benzene rings is 1. The number of hydrogen-bond donors (Lipinski definition) is 1. The zero-order valence-electron chi connectivity index (χ0n) is 10.0. The highest BCUT2D eigenvalue weighted by Crippen LogP contribution is 2.13. The van der Waals surface area contributed by atoms with Crippen LogP contribution >= 0.6 is 0 Å².